The van der Waals surface area contributed by atoms with Gasteiger partial charge < -0.3 is 10.2 Å². The van der Waals surface area contributed by atoms with Gasteiger partial charge in [-0.2, -0.15) is 0 Å². The summed E-state index contributed by atoms with van der Waals surface area (Å²) in [5.74, 6) is -0.245. The second kappa shape index (κ2) is 4.97. The fourth-order valence-corrected chi connectivity index (χ4v) is 3.17. The highest BCUT2D eigenvalue weighted by Crippen LogP contribution is 2.33. The Balaban J connectivity index is 1.99. The molecule has 1 N–H and O–H groups in total. The molecule has 1 saturated heterocycles. The van der Waals surface area contributed by atoms with Crippen molar-refractivity contribution in [1.82, 2.24) is 9.97 Å². The van der Waals surface area contributed by atoms with E-state index in [1.807, 2.05) is 0 Å². The van der Waals surface area contributed by atoms with Crippen molar-refractivity contribution >= 4 is 38.3 Å². The van der Waals surface area contributed by atoms with Crippen molar-refractivity contribution in [1.29, 1.82) is 0 Å². The summed E-state index contributed by atoms with van der Waals surface area (Å²) in [5.41, 5.74) is 1.45. The Morgan fingerprint density at radius 3 is 2.95 bits per heavy atom. The van der Waals surface area contributed by atoms with E-state index >= 15 is 0 Å². The summed E-state index contributed by atoms with van der Waals surface area (Å²) < 4.78 is 0.990. The molecule has 19 heavy (non-hydrogen) atoms. The zero-order valence-electron chi connectivity index (χ0n) is 10.4. The molecule has 0 radical (unpaired) electrons. The molecule has 6 heteroatoms. The lowest BCUT2D eigenvalue weighted by Crippen LogP contribution is -2.17. The minimum Gasteiger partial charge on any atom is -0.348 e. The third kappa shape index (κ3) is 2.31. The summed E-state index contributed by atoms with van der Waals surface area (Å²) in [6, 6.07) is 0. The van der Waals surface area contributed by atoms with E-state index in [0.29, 0.717) is 5.69 Å². The summed E-state index contributed by atoms with van der Waals surface area (Å²) in [7, 11) is 0. The van der Waals surface area contributed by atoms with Crippen LogP contribution in [0, 0.1) is 0 Å². The Kier molecular flexibility index (Phi) is 3.16. The number of nitrogens with zero attached hydrogens (tertiary/aromatic N) is 3. The number of carbonyl (C=O) groups excluding carboxylic acids is 1. The minimum absolute atomic E-state index is 0.245. The molecule has 3 heterocycles. The summed E-state index contributed by atoms with van der Waals surface area (Å²) >= 11 is 1.62. The Bertz CT molecular complexity index is 631. The normalized spacial score (nSPS) is 14.8. The van der Waals surface area contributed by atoms with E-state index in [1.165, 1.54) is 18.9 Å². The number of amides is 1. The van der Waals surface area contributed by atoms with Gasteiger partial charge in [0.2, 0.25) is 5.91 Å². The molecular weight excluding hydrogens is 260 g/mol. The first-order chi connectivity index (χ1) is 9.28. The molecule has 2 aromatic heterocycles. The summed E-state index contributed by atoms with van der Waals surface area (Å²) in [4.78, 5) is 22.5. The molecule has 0 atom stereocenters. The van der Waals surface area contributed by atoms with E-state index in [1.54, 1.807) is 23.7 Å². The van der Waals surface area contributed by atoms with Crippen LogP contribution in [0.25, 0.3) is 10.2 Å². The average molecular weight is 274 g/mol. The van der Waals surface area contributed by atoms with Crippen molar-refractivity contribution < 1.29 is 4.79 Å². The lowest BCUT2D eigenvalue weighted by molar-refractivity contribution is -0.111. The highest BCUT2D eigenvalue weighted by Gasteiger charge is 2.17. The first-order valence-corrected chi connectivity index (χ1v) is 7.02. The van der Waals surface area contributed by atoms with E-state index in [0.717, 1.165) is 28.4 Å². The smallest absolute Gasteiger partial charge is 0.247 e. The number of anilines is 2. The second-order valence-corrected chi connectivity index (χ2v) is 5.43. The molecule has 0 saturated carbocycles. The monoisotopic (exact) mass is 274 g/mol. The second-order valence-electron chi connectivity index (χ2n) is 4.42. The van der Waals surface area contributed by atoms with Crippen molar-refractivity contribution in [3.05, 3.63) is 25.0 Å². The fraction of sp³-hybridized carbons (Fsp3) is 0.308. The van der Waals surface area contributed by atoms with Gasteiger partial charge in [-0.25, -0.2) is 4.98 Å². The van der Waals surface area contributed by atoms with Gasteiger partial charge >= 0.3 is 0 Å². The van der Waals surface area contributed by atoms with Gasteiger partial charge in [0.25, 0.3) is 0 Å². The molecule has 0 aliphatic carbocycles. The number of thiazole rings is 1. The maximum atomic E-state index is 11.4. The molecule has 0 aromatic carbocycles. The molecule has 0 unspecified atom stereocenters. The number of nitrogens with one attached hydrogen (secondary N) is 1. The Labute approximate surface area is 115 Å². The van der Waals surface area contributed by atoms with Gasteiger partial charge in [0.1, 0.15) is 5.52 Å². The topological polar surface area (TPSA) is 58.1 Å². The third-order valence-electron chi connectivity index (χ3n) is 3.11. The molecule has 0 bridgehead atoms. The van der Waals surface area contributed by atoms with Gasteiger partial charge in [-0.05, 0) is 18.9 Å². The lowest BCUT2D eigenvalue weighted by atomic mass is 10.3. The van der Waals surface area contributed by atoms with Crippen molar-refractivity contribution in [2.75, 3.05) is 23.3 Å². The maximum Gasteiger partial charge on any atom is 0.247 e. The summed E-state index contributed by atoms with van der Waals surface area (Å²) in [5, 5.41) is 3.75. The quantitative estimate of drug-likeness (QED) is 0.873. The van der Waals surface area contributed by atoms with E-state index in [4.69, 9.17) is 0 Å². The van der Waals surface area contributed by atoms with Crippen LogP contribution >= 0.6 is 11.3 Å². The first-order valence-electron chi connectivity index (χ1n) is 6.21. The SMILES string of the molecule is C=CC(=O)Nc1cncc2sc(N3CCCC3)nc12. The van der Waals surface area contributed by atoms with Crippen LogP contribution in [-0.4, -0.2) is 29.0 Å². The van der Waals surface area contributed by atoms with Gasteiger partial charge in [0, 0.05) is 19.3 Å². The zero-order valence-corrected chi connectivity index (χ0v) is 11.2. The fourth-order valence-electron chi connectivity index (χ4n) is 2.16. The number of aromatic nitrogens is 2. The minimum atomic E-state index is -0.245. The molecular formula is C13H14N4OS. The van der Waals surface area contributed by atoms with Crippen LogP contribution < -0.4 is 10.2 Å². The molecule has 2 aromatic rings. The van der Waals surface area contributed by atoms with Crippen LogP contribution in [0.2, 0.25) is 0 Å². The Hall–Kier alpha value is -1.95. The van der Waals surface area contributed by atoms with Crippen LogP contribution in [0.3, 0.4) is 0 Å². The number of fused-ring (bicyclic) bond motifs is 1. The molecule has 1 fully saturated rings. The van der Waals surface area contributed by atoms with E-state index in [2.05, 4.69) is 26.8 Å². The molecule has 1 aliphatic rings. The predicted molar refractivity (Wildman–Crippen MR) is 77.7 cm³/mol. The van der Waals surface area contributed by atoms with Crippen molar-refractivity contribution in [3.8, 4) is 0 Å². The molecule has 5 nitrogen and oxygen atoms in total. The number of hydrogen-bond donors (Lipinski definition) is 1. The largest absolute Gasteiger partial charge is 0.348 e. The highest BCUT2D eigenvalue weighted by molar-refractivity contribution is 7.22. The van der Waals surface area contributed by atoms with Crippen LogP contribution in [0.15, 0.2) is 25.0 Å². The molecule has 0 spiro atoms. The summed E-state index contributed by atoms with van der Waals surface area (Å²) in [6.07, 6.45) is 7.09. The number of rotatable bonds is 3. The number of hydrogen-bond acceptors (Lipinski definition) is 5. The van der Waals surface area contributed by atoms with Gasteiger partial charge in [-0.3, -0.25) is 9.78 Å². The molecule has 1 aliphatic heterocycles. The zero-order chi connectivity index (χ0) is 13.2. The van der Waals surface area contributed by atoms with E-state index < -0.39 is 0 Å². The Morgan fingerprint density at radius 2 is 2.21 bits per heavy atom. The molecule has 3 rings (SSSR count). The molecule has 1 amide bonds. The third-order valence-corrected chi connectivity index (χ3v) is 4.16. The maximum absolute atomic E-state index is 11.4. The number of carbonyl (C=O) groups is 1. The Morgan fingerprint density at radius 1 is 1.42 bits per heavy atom. The van der Waals surface area contributed by atoms with Crippen molar-refractivity contribution in [2.24, 2.45) is 0 Å². The van der Waals surface area contributed by atoms with E-state index in [-0.39, 0.29) is 5.91 Å². The highest BCUT2D eigenvalue weighted by atomic mass is 32.1. The average Bonchev–Trinajstić information content (AvgIpc) is 3.07. The van der Waals surface area contributed by atoms with Gasteiger partial charge in [0.05, 0.1) is 16.6 Å². The lowest BCUT2D eigenvalue weighted by Gasteiger charge is -2.11. The standard InChI is InChI=1S/C13H14N4OS/c1-2-11(18)15-9-7-14-8-10-12(9)16-13(19-10)17-5-3-4-6-17/h2,7-8H,1,3-6H2,(H,15,18). The van der Waals surface area contributed by atoms with E-state index in [9.17, 15) is 4.79 Å². The van der Waals surface area contributed by atoms with Crippen molar-refractivity contribution in [3.63, 3.8) is 0 Å². The first kappa shape index (κ1) is 12.1. The predicted octanol–water partition coefficient (Wildman–Crippen LogP) is 2.42. The van der Waals surface area contributed by atoms with Crippen LogP contribution in [0.5, 0.6) is 0 Å². The van der Waals surface area contributed by atoms with Crippen molar-refractivity contribution in [2.45, 2.75) is 12.8 Å². The van der Waals surface area contributed by atoms with Gasteiger partial charge in [-0.1, -0.05) is 17.9 Å². The summed E-state index contributed by atoms with van der Waals surface area (Å²) in [6.45, 7) is 5.56. The van der Waals surface area contributed by atoms with Gasteiger partial charge in [-0.15, -0.1) is 0 Å². The molecule has 98 valence electrons. The number of pyridine rings is 1. The van der Waals surface area contributed by atoms with Crippen LogP contribution in [0.4, 0.5) is 10.8 Å². The van der Waals surface area contributed by atoms with Gasteiger partial charge in [0.15, 0.2) is 5.13 Å². The van der Waals surface area contributed by atoms with Crippen LogP contribution in [-0.2, 0) is 4.79 Å². The van der Waals surface area contributed by atoms with Crippen LogP contribution in [0.1, 0.15) is 12.8 Å².